The van der Waals surface area contributed by atoms with Crippen LogP contribution < -0.4 is 4.74 Å². The fourth-order valence-corrected chi connectivity index (χ4v) is 3.23. The molecule has 0 bridgehead atoms. The molecule has 1 heterocycles. The minimum absolute atomic E-state index is 0.210. The summed E-state index contributed by atoms with van der Waals surface area (Å²) in [6.07, 6.45) is 4.02. The molecule has 0 saturated heterocycles. The molecule has 0 aliphatic rings. The van der Waals surface area contributed by atoms with Gasteiger partial charge in [0, 0.05) is 23.8 Å². The summed E-state index contributed by atoms with van der Waals surface area (Å²) in [5.74, 6) is 0.631. The van der Waals surface area contributed by atoms with Crippen LogP contribution in [0.1, 0.15) is 19.8 Å². The molecule has 27 heavy (non-hydrogen) atoms. The Hall–Kier alpha value is -2.37. The van der Waals surface area contributed by atoms with Crippen molar-refractivity contribution in [2.45, 2.75) is 19.8 Å². The standard InChI is InChI=1S/C22H27FN2O2/c1-2-24(14-15-26)12-3-4-16-27-21-9-10-22-18(17-21)11-13-25(22)20-7-5-19(23)6-8-20/h5-11,13,17,26H,2-4,12,14-16H2,1H3. The number of fused-ring (bicyclic) bond motifs is 1. The molecule has 0 aliphatic carbocycles. The Morgan fingerprint density at radius 2 is 1.85 bits per heavy atom. The van der Waals surface area contributed by atoms with E-state index in [1.165, 1.54) is 12.1 Å². The van der Waals surface area contributed by atoms with Gasteiger partial charge in [-0.1, -0.05) is 6.92 Å². The first kappa shape index (κ1) is 19.4. The summed E-state index contributed by atoms with van der Waals surface area (Å²) < 4.78 is 21.1. The van der Waals surface area contributed by atoms with Gasteiger partial charge >= 0.3 is 0 Å². The number of aliphatic hydroxyl groups is 1. The van der Waals surface area contributed by atoms with E-state index in [9.17, 15) is 4.39 Å². The van der Waals surface area contributed by atoms with Crippen molar-refractivity contribution in [3.63, 3.8) is 0 Å². The number of unbranched alkanes of at least 4 members (excludes halogenated alkanes) is 1. The minimum atomic E-state index is -0.232. The molecule has 1 N–H and O–H groups in total. The molecule has 1 aromatic heterocycles. The smallest absolute Gasteiger partial charge is 0.123 e. The molecule has 0 atom stereocenters. The predicted octanol–water partition coefficient (Wildman–Crippen LogP) is 4.24. The summed E-state index contributed by atoms with van der Waals surface area (Å²) in [5, 5.41) is 10.1. The molecule has 144 valence electrons. The number of halogens is 1. The van der Waals surface area contributed by atoms with Crippen LogP contribution in [-0.4, -0.2) is 47.4 Å². The van der Waals surface area contributed by atoms with Crippen LogP contribution in [0.5, 0.6) is 5.75 Å². The van der Waals surface area contributed by atoms with Gasteiger partial charge in [-0.2, -0.15) is 0 Å². The van der Waals surface area contributed by atoms with Crippen LogP contribution in [0.4, 0.5) is 4.39 Å². The highest BCUT2D eigenvalue weighted by Crippen LogP contribution is 2.25. The maximum atomic E-state index is 13.1. The summed E-state index contributed by atoms with van der Waals surface area (Å²) in [6.45, 7) is 5.68. The van der Waals surface area contributed by atoms with Crippen LogP contribution in [0.2, 0.25) is 0 Å². The van der Waals surface area contributed by atoms with E-state index >= 15 is 0 Å². The molecule has 4 nitrogen and oxygen atoms in total. The van der Waals surface area contributed by atoms with Crippen LogP contribution in [0.25, 0.3) is 16.6 Å². The lowest BCUT2D eigenvalue weighted by atomic mass is 10.2. The average molecular weight is 370 g/mol. The number of aliphatic hydroxyl groups excluding tert-OH is 1. The minimum Gasteiger partial charge on any atom is -0.494 e. The highest BCUT2D eigenvalue weighted by molar-refractivity contribution is 5.83. The number of hydrogen-bond donors (Lipinski definition) is 1. The number of nitrogens with zero attached hydrogens (tertiary/aromatic N) is 2. The second kappa shape index (κ2) is 9.53. The molecular weight excluding hydrogens is 343 g/mol. The molecule has 3 aromatic rings. The third-order valence-electron chi connectivity index (χ3n) is 4.77. The molecule has 0 radical (unpaired) electrons. The molecule has 0 saturated carbocycles. The first-order valence-corrected chi connectivity index (χ1v) is 9.54. The number of rotatable bonds is 10. The largest absolute Gasteiger partial charge is 0.494 e. The van der Waals surface area contributed by atoms with E-state index in [0.717, 1.165) is 54.8 Å². The Balaban J connectivity index is 1.55. The number of aromatic nitrogens is 1. The van der Waals surface area contributed by atoms with Crippen LogP contribution in [0.3, 0.4) is 0 Å². The molecule has 0 fully saturated rings. The predicted molar refractivity (Wildman–Crippen MR) is 107 cm³/mol. The van der Waals surface area contributed by atoms with Crippen molar-refractivity contribution in [2.75, 3.05) is 32.8 Å². The Morgan fingerprint density at radius 3 is 2.59 bits per heavy atom. The van der Waals surface area contributed by atoms with Crippen LogP contribution in [0, 0.1) is 5.82 Å². The summed E-state index contributed by atoms with van der Waals surface area (Å²) in [6, 6.07) is 14.6. The molecule has 0 spiro atoms. The van der Waals surface area contributed by atoms with Gasteiger partial charge in [0.2, 0.25) is 0 Å². The zero-order valence-electron chi connectivity index (χ0n) is 15.8. The van der Waals surface area contributed by atoms with Gasteiger partial charge in [0.05, 0.1) is 18.7 Å². The third kappa shape index (κ3) is 5.08. The normalized spacial score (nSPS) is 11.4. The van der Waals surface area contributed by atoms with Crippen molar-refractivity contribution < 1.29 is 14.2 Å². The van der Waals surface area contributed by atoms with E-state index in [2.05, 4.69) is 11.8 Å². The van der Waals surface area contributed by atoms with Crippen molar-refractivity contribution in [1.29, 1.82) is 0 Å². The SMILES string of the molecule is CCN(CCO)CCCCOc1ccc2c(ccn2-c2ccc(F)cc2)c1. The monoisotopic (exact) mass is 370 g/mol. The summed E-state index contributed by atoms with van der Waals surface area (Å²) in [5.41, 5.74) is 2.00. The maximum Gasteiger partial charge on any atom is 0.123 e. The van der Waals surface area contributed by atoms with Gasteiger partial charge in [0.25, 0.3) is 0 Å². The first-order chi connectivity index (χ1) is 13.2. The third-order valence-corrected chi connectivity index (χ3v) is 4.77. The fraction of sp³-hybridized carbons (Fsp3) is 0.364. The lowest BCUT2D eigenvalue weighted by Gasteiger charge is -2.18. The van der Waals surface area contributed by atoms with Crippen molar-refractivity contribution in [3.05, 3.63) is 60.5 Å². The van der Waals surface area contributed by atoms with E-state index in [-0.39, 0.29) is 12.4 Å². The second-order valence-corrected chi connectivity index (χ2v) is 6.60. The molecule has 2 aromatic carbocycles. The van der Waals surface area contributed by atoms with E-state index in [1.54, 1.807) is 12.1 Å². The quantitative estimate of drug-likeness (QED) is 0.543. The Bertz CT molecular complexity index is 845. The number of likely N-dealkylation sites (N-methyl/N-ethyl adjacent to an activating group) is 1. The van der Waals surface area contributed by atoms with E-state index in [0.29, 0.717) is 6.61 Å². The van der Waals surface area contributed by atoms with Crippen LogP contribution >= 0.6 is 0 Å². The highest BCUT2D eigenvalue weighted by atomic mass is 19.1. The summed E-state index contributed by atoms with van der Waals surface area (Å²) in [7, 11) is 0. The Kier molecular flexibility index (Phi) is 6.85. The van der Waals surface area contributed by atoms with Crippen LogP contribution in [0.15, 0.2) is 54.7 Å². The van der Waals surface area contributed by atoms with Gasteiger partial charge in [0.15, 0.2) is 0 Å². The zero-order chi connectivity index (χ0) is 19.1. The van der Waals surface area contributed by atoms with Gasteiger partial charge in [-0.3, -0.25) is 0 Å². The number of ether oxygens (including phenoxy) is 1. The van der Waals surface area contributed by atoms with Gasteiger partial charge in [0.1, 0.15) is 11.6 Å². The van der Waals surface area contributed by atoms with Crippen molar-refractivity contribution in [1.82, 2.24) is 9.47 Å². The zero-order valence-corrected chi connectivity index (χ0v) is 15.8. The van der Waals surface area contributed by atoms with Crippen LogP contribution in [-0.2, 0) is 0 Å². The fourth-order valence-electron chi connectivity index (χ4n) is 3.23. The molecule has 0 unspecified atom stereocenters. The Morgan fingerprint density at radius 1 is 1.04 bits per heavy atom. The summed E-state index contributed by atoms with van der Waals surface area (Å²) in [4.78, 5) is 2.24. The molecule has 0 amide bonds. The lowest BCUT2D eigenvalue weighted by Crippen LogP contribution is -2.27. The van der Waals surface area contributed by atoms with E-state index < -0.39 is 0 Å². The average Bonchev–Trinajstić information content (AvgIpc) is 3.10. The molecule has 0 aliphatic heterocycles. The van der Waals surface area contributed by atoms with Crippen molar-refractivity contribution in [3.8, 4) is 11.4 Å². The lowest BCUT2D eigenvalue weighted by molar-refractivity contribution is 0.195. The first-order valence-electron chi connectivity index (χ1n) is 9.54. The highest BCUT2D eigenvalue weighted by Gasteiger charge is 2.06. The van der Waals surface area contributed by atoms with E-state index in [1.807, 2.05) is 35.0 Å². The van der Waals surface area contributed by atoms with Gasteiger partial charge < -0.3 is 19.3 Å². The van der Waals surface area contributed by atoms with Crippen molar-refractivity contribution in [2.24, 2.45) is 0 Å². The van der Waals surface area contributed by atoms with Gasteiger partial charge in [-0.25, -0.2) is 4.39 Å². The molecule has 5 heteroatoms. The van der Waals surface area contributed by atoms with E-state index in [4.69, 9.17) is 9.84 Å². The number of benzene rings is 2. The topological polar surface area (TPSA) is 37.6 Å². The maximum absolute atomic E-state index is 13.1. The summed E-state index contributed by atoms with van der Waals surface area (Å²) >= 11 is 0. The molecular formula is C22H27FN2O2. The van der Waals surface area contributed by atoms with Gasteiger partial charge in [-0.05, 0) is 74.5 Å². The van der Waals surface area contributed by atoms with Gasteiger partial charge in [-0.15, -0.1) is 0 Å². The second-order valence-electron chi connectivity index (χ2n) is 6.60. The Labute approximate surface area is 159 Å². The van der Waals surface area contributed by atoms with Crippen molar-refractivity contribution >= 4 is 10.9 Å². The number of hydrogen-bond acceptors (Lipinski definition) is 3. The molecule has 3 rings (SSSR count).